The van der Waals surface area contributed by atoms with E-state index in [1.165, 1.54) is 44.1 Å². The largest absolute Gasteiger partial charge is 0.504 e. The summed E-state index contributed by atoms with van der Waals surface area (Å²) in [5, 5.41) is 9.78. The molecule has 106 valence electrons. The van der Waals surface area contributed by atoms with Crippen LogP contribution in [0.5, 0.6) is 11.5 Å². The van der Waals surface area contributed by atoms with Crippen LogP contribution in [0.1, 0.15) is 51.0 Å². The van der Waals surface area contributed by atoms with Crippen LogP contribution in [0.15, 0.2) is 18.2 Å². The third-order valence-corrected chi connectivity index (χ3v) is 4.55. The van der Waals surface area contributed by atoms with E-state index in [-0.39, 0.29) is 5.75 Å². The monoisotopic (exact) mass is 262 g/mol. The first-order valence-electron chi connectivity index (χ1n) is 7.58. The normalized spacial score (nSPS) is 23.3. The van der Waals surface area contributed by atoms with Crippen LogP contribution in [0.2, 0.25) is 0 Å². The van der Waals surface area contributed by atoms with Crippen molar-refractivity contribution in [3.63, 3.8) is 0 Å². The molecule has 0 spiro atoms. The molecule has 0 aromatic heterocycles. The maximum atomic E-state index is 9.78. The third-order valence-electron chi connectivity index (χ3n) is 4.55. The van der Waals surface area contributed by atoms with Gasteiger partial charge in [-0.3, -0.25) is 0 Å². The fraction of sp³-hybridized carbons (Fsp3) is 0.647. The van der Waals surface area contributed by atoms with E-state index in [0.717, 1.165) is 18.3 Å². The van der Waals surface area contributed by atoms with Crippen molar-refractivity contribution in [1.82, 2.24) is 0 Å². The molecule has 0 bridgehead atoms. The number of phenols is 1. The molecule has 2 atom stereocenters. The number of rotatable bonds is 5. The van der Waals surface area contributed by atoms with Crippen molar-refractivity contribution in [2.45, 2.75) is 51.9 Å². The summed E-state index contributed by atoms with van der Waals surface area (Å²) in [6.07, 6.45) is 9.27. The Balaban J connectivity index is 1.86. The van der Waals surface area contributed by atoms with Crippen molar-refractivity contribution >= 4 is 0 Å². The van der Waals surface area contributed by atoms with E-state index in [9.17, 15) is 5.11 Å². The molecule has 1 aromatic carbocycles. The highest BCUT2D eigenvalue weighted by atomic mass is 16.5. The van der Waals surface area contributed by atoms with Crippen molar-refractivity contribution in [2.75, 3.05) is 7.11 Å². The summed E-state index contributed by atoms with van der Waals surface area (Å²) < 4.78 is 5.07. The highest BCUT2D eigenvalue weighted by Gasteiger charge is 2.20. The first-order valence-corrected chi connectivity index (χ1v) is 7.58. The van der Waals surface area contributed by atoms with Gasteiger partial charge >= 0.3 is 0 Å². The second kappa shape index (κ2) is 6.83. The Kier molecular flexibility index (Phi) is 5.12. The SMILES string of the molecule is CCC1CCCC(CCc2ccc(OC)c(O)c2)C1. The lowest BCUT2D eigenvalue weighted by atomic mass is 9.78. The number of aromatic hydroxyl groups is 1. The molecule has 1 fully saturated rings. The average molecular weight is 262 g/mol. The zero-order chi connectivity index (χ0) is 13.7. The van der Waals surface area contributed by atoms with E-state index < -0.39 is 0 Å². The van der Waals surface area contributed by atoms with Gasteiger partial charge in [0.15, 0.2) is 11.5 Å². The summed E-state index contributed by atoms with van der Waals surface area (Å²) >= 11 is 0. The van der Waals surface area contributed by atoms with Crippen LogP contribution in [0.25, 0.3) is 0 Å². The Morgan fingerprint density at radius 2 is 2.05 bits per heavy atom. The van der Waals surface area contributed by atoms with Gasteiger partial charge in [-0.05, 0) is 48.8 Å². The van der Waals surface area contributed by atoms with Crippen LogP contribution in [0.4, 0.5) is 0 Å². The number of phenolic OH excluding ortho intramolecular Hbond substituents is 1. The summed E-state index contributed by atoms with van der Waals surface area (Å²) in [5.74, 6) is 2.65. The zero-order valence-electron chi connectivity index (χ0n) is 12.2. The van der Waals surface area contributed by atoms with E-state index in [1.807, 2.05) is 12.1 Å². The molecular formula is C17H26O2. The van der Waals surface area contributed by atoms with E-state index in [0.29, 0.717) is 5.75 Å². The fourth-order valence-electron chi connectivity index (χ4n) is 3.30. The molecule has 0 radical (unpaired) electrons. The summed E-state index contributed by atoms with van der Waals surface area (Å²) in [4.78, 5) is 0. The first-order chi connectivity index (χ1) is 9.22. The second-order valence-corrected chi connectivity index (χ2v) is 5.85. The van der Waals surface area contributed by atoms with E-state index in [1.54, 1.807) is 7.11 Å². The molecule has 2 heteroatoms. The van der Waals surface area contributed by atoms with Gasteiger partial charge in [0.1, 0.15) is 0 Å². The van der Waals surface area contributed by atoms with Gasteiger partial charge in [-0.25, -0.2) is 0 Å². The van der Waals surface area contributed by atoms with Crippen molar-refractivity contribution < 1.29 is 9.84 Å². The molecule has 0 saturated heterocycles. The van der Waals surface area contributed by atoms with Crippen LogP contribution < -0.4 is 4.74 Å². The standard InChI is InChI=1S/C17H26O2/c1-3-13-5-4-6-14(11-13)7-8-15-9-10-17(19-2)16(18)12-15/h9-10,12-14,18H,3-8,11H2,1-2H3. The molecule has 0 amide bonds. The lowest BCUT2D eigenvalue weighted by molar-refractivity contribution is 0.250. The van der Waals surface area contributed by atoms with E-state index in [4.69, 9.17) is 4.74 Å². The van der Waals surface area contributed by atoms with Crippen LogP contribution >= 0.6 is 0 Å². The Morgan fingerprint density at radius 3 is 2.74 bits per heavy atom. The van der Waals surface area contributed by atoms with Crippen LogP contribution in [-0.4, -0.2) is 12.2 Å². The minimum absolute atomic E-state index is 0.259. The number of methoxy groups -OCH3 is 1. The van der Waals surface area contributed by atoms with Crippen molar-refractivity contribution in [3.8, 4) is 11.5 Å². The fourth-order valence-corrected chi connectivity index (χ4v) is 3.30. The Hall–Kier alpha value is -1.18. The van der Waals surface area contributed by atoms with Crippen LogP contribution in [0, 0.1) is 11.8 Å². The van der Waals surface area contributed by atoms with Crippen LogP contribution in [0.3, 0.4) is 0 Å². The van der Waals surface area contributed by atoms with E-state index >= 15 is 0 Å². The summed E-state index contributed by atoms with van der Waals surface area (Å²) in [6.45, 7) is 2.31. The molecular weight excluding hydrogens is 236 g/mol. The van der Waals surface area contributed by atoms with Gasteiger partial charge in [0.25, 0.3) is 0 Å². The van der Waals surface area contributed by atoms with Gasteiger partial charge in [0.05, 0.1) is 7.11 Å². The highest BCUT2D eigenvalue weighted by molar-refractivity contribution is 5.41. The number of hydrogen-bond acceptors (Lipinski definition) is 2. The van der Waals surface area contributed by atoms with Crippen molar-refractivity contribution in [2.24, 2.45) is 11.8 Å². The topological polar surface area (TPSA) is 29.5 Å². The predicted molar refractivity (Wildman–Crippen MR) is 78.7 cm³/mol. The lowest BCUT2D eigenvalue weighted by Gasteiger charge is -2.28. The van der Waals surface area contributed by atoms with E-state index in [2.05, 4.69) is 13.0 Å². The van der Waals surface area contributed by atoms with Gasteiger partial charge in [0.2, 0.25) is 0 Å². The molecule has 1 aliphatic rings. The number of aryl methyl sites for hydroxylation is 1. The smallest absolute Gasteiger partial charge is 0.160 e. The molecule has 1 N–H and O–H groups in total. The number of benzene rings is 1. The molecule has 1 saturated carbocycles. The lowest BCUT2D eigenvalue weighted by Crippen LogP contribution is -2.15. The minimum Gasteiger partial charge on any atom is -0.504 e. The molecule has 2 unspecified atom stereocenters. The summed E-state index contributed by atoms with van der Waals surface area (Å²) in [7, 11) is 1.58. The summed E-state index contributed by atoms with van der Waals surface area (Å²) in [6, 6.07) is 5.78. The average Bonchev–Trinajstić information content (AvgIpc) is 2.45. The molecule has 0 aliphatic heterocycles. The molecule has 0 heterocycles. The molecule has 1 aliphatic carbocycles. The Bertz CT molecular complexity index is 400. The molecule has 19 heavy (non-hydrogen) atoms. The van der Waals surface area contributed by atoms with Gasteiger partial charge in [-0.2, -0.15) is 0 Å². The van der Waals surface area contributed by atoms with Crippen LogP contribution in [-0.2, 0) is 6.42 Å². The number of ether oxygens (including phenoxy) is 1. The highest BCUT2D eigenvalue weighted by Crippen LogP contribution is 2.34. The molecule has 2 nitrogen and oxygen atoms in total. The Morgan fingerprint density at radius 1 is 1.26 bits per heavy atom. The third kappa shape index (κ3) is 3.89. The zero-order valence-corrected chi connectivity index (χ0v) is 12.2. The first kappa shape index (κ1) is 14.2. The quantitative estimate of drug-likeness (QED) is 0.843. The number of hydrogen-bond donors (Lipinski definition) is 1. The van der Waals surface area contributed by atoms with Gasteiger partial charge in [0, 0.05) is 0 Å². The van der Waals surface area contributed by atoms with Gasteiger partial charge in [-0.15, -0.1) is 0 Å². The minimum atomic E-state index is 0.259. The van der Waals surface area contributed by atoms with Crippen molar-refractivity contribution in [1.29, 1.82) is 0 Å². The Labute approximate surface area is 116 Å². The van der Waals surface area contributed by atoms with Gasteiger partial charge < -0.3 is 9.84 Å². The maximum Gasteiger partial charge on any atom is 0.160 e. The second-order valence-electron chi connectivity index (χ2n) is 5.85. The predicted octanol–water partition coefficient (Wildman–Crippen LogP) is 4.55. The molecule has 1 aromatic rings. The van der Waals surface area contributed by atoms with Crippen molar-refractivity contribution in [3.05, 3.63) is 23.8 Å². The maximum absolute atomic E-state index is 9.78. The molecule has 2 rings (SSSR count). The summed E-state index contributed by atoms with van der Waals surface area (Å²) in [5.41, 5.74) is 1.22. The van der Waals surface area contributed by atoms with Gasteiger partial charge in [-0.1, -0.05) is 38.7 Å².